The van der Waals surface area contributed by atoms with E-state index < -0.39 is 18.2 Å². The van der Waals surface area contributed by atoms with Crippen molar-refractivity contribution in [1.29, 1.82) is 0 Å². The summed E-state index contributed by atoms with van der Waals surface area (Å²) in [6.45, 7) is 8.12. The molecule has 2 rings (SSSR count). The van der Waals surface area contributed by atoms with E-state index in [1.807, 2.05) is 13.8 Å². The minimum absolute atomic E-state index is 0.111. The summed E-state index contributed by atoms with van der Waals surface area (Å²) in [6, 6.07) is -0.111. The van der Waals surface area contributed by atoms with Crippen LogP contribution in [0.4, 0.5) is 0 Å². The molecule has 3 atom stereocenters. The van der Waals surface area contributed by atoms with Gasteiger partial charge in [0, 0.05) is 17.8 Å². The molecule has 7 heteroatoms. The quantitative estimate of drug-likeness (QED) is 0.891. The second kappa shape index (κ2) is 6.97. The van der Waals surface area contributed by atoms with Crippen LogP contribution in [0.25, 0.3) is 0 Å². The lowest BCUT2D eigenvalue weighted by Crippen LogP contribution is -2.38. The summed E-state index contributed by atoms with van der Waals surface area (Å²) in [5.41, 5.74) is 0.946. The number of likely N-dealkylation sites (N-methyl/N-ethyl adjacent to an activating group) is 1. The Kier molecular flexibility index (Phi) is 5.41. The molecule has 1 N–H and O–H groups in total. The molecule has 1 unspecified atom stereocenters. The zero-order valence-corrected chi connectivity index (χ0v) is 15.0. The average molecular weight is 340 g/mol. The number of rotatable bonds is 5. The number of ether oxygens (including phenoxy) is 1. The Bertz CT molecular complexity index is 599. The highest BCUT2D eigenvalue weighted by atomic mass is 32.1. The Morgan fingerprint density at radius 2 is 1.91 bits per heavy atom. The van der Waals surface area contributed by atoms with Crippen LogP contribution in [0.15, 0.2) is 0 Å². The van der Waals surface area contributed by atoms with Crippen molar-refractivity contribution in [1.82, 2.24) is 9.88 Å². The minimum Gasteiger partial charge on any atom is -0.479 e. The van der Waals surface area contributed by atoms with Gasteiger partial charge in [0.2, 0.25) is 0 Å². The summed E-state index contributed by atoms with van der Waals surface area (Å²) in [5.74, 6) is -0.814. The van der Waals surface area contributed by atoms with Crippen molar-refractivity contribution < 1.29 is 19.4 Å². The van der Waals surface area contributed by atoms with Gasteiger partial charge in [-0.15, -0.1) is 11.3 Å². The van der Waals surface area contributed by atoms with Crippen molar-refractivity contribution in [2.45, 2.75) is 64.7 Å². The van der Waals surface area contributed by atoms with Gasteiger partial charge in [0.05, 0.1) is 16.7 Å². The summed E-state index contributed by atoms with van der Waals surface area (Å²) in [4.78, 5) is 30.8. The highest BCUT2D eigenvalue weighted by Gasteiger charge is 2.37. The van der Waals surface area contributed by atoms with Gasteiger partial charge >= 0.3 is 5.97 Å². The van der Waals surface area contributed by atoms with Gasteiger partial charge in [-0.3, -0.25) is 4.79 Å². The maximum Gasteiger partial charge on any atom is 0.332 e. The van der Waals surface area contributed by atoms with Crippen molar-refractivity contribution in [3.8, 4) is 0 Å². The van der Waals surface area contributed by atoms with Crippen molar-refractivity contribution >= 4 is 23.2 Å². The van der Waals surface area contributed by atoms with E-state index >= 15 is 0 Å². The molecule has 1 aromatic heterocycles. The molecule has 2 heterocycles. The summed E-state index contributed by atoms with van der Waals surface area (Å²) < 4.78 is 5.36. The van der Waals surface area contributed by atoms with E-state index in [1.165, 1.54) is 0 Å². The third kappa shape index (κ3) is 3.72. The van der Waals surface area contributed by atoms with Gasteiger partial charge in [0.1, 0.15) is 6.10 Å². The van der Waals surface area contributed by atoms with Crippen LogP contribution in [-0.2, 0) is 14.3 Å². The lowest BCUT2D eigenvalue weighted by atomic mass is 10.1. The van der Waals surface area contributed by atoms with Crippen LogP contribution >= 0.6 is 11.3 Å². The molecule has 1 aromatic rings. The Hall–Kier alpha value is -1.47. The zero-order chi connectivity index (χ0) is 17.3. The topological polar surface area (TPSA) is 79.7 Å². The van der Waals surface area contributed by atoms with Crippen molar-refractivity contribution in [2.24, 2.45) is 0 Å². The Morgan fingerprint density at radius 1 is 1.30 bits per heavy atom. The molecular formula is C16H24N2O4S. The van der Waals surface area contributed by atoms with E-state index in [0.717, 1.165) is 15.6 Å². The number of carboxylic acid groups (broad SMARTS) is 1. The van der Waals surface area contributed by atoms with Gasteiger partial charge in [0.25, 0.3) is 5.91 Å². The lowest BCUT2D eigenvalue weighted by molar-refractivity contribution is -0.155. The zero-order valence-electron chi connectivity index (χ0n) is 14.2. The lowest BCUT2D eigenvalue weighted by Gasteiger charge is -2.27. The second-order valence-corrected chi connectivity index (χ2v) is 7.37. The highest BCUT2D eigenvalue weighted by molar-refractivity contribution is 7.11. The van der Waals surface area contributed by atoms with Crippen LogP contribution in [0.3, 0.4) is 0 Å². The predicted molar refractivity (Wildman–Crippen MR) is 87.7 cm³/mol. The predicted octanol–water partition coefficient (Wildman–Crippen LogP) is 2.73. The van der Waals surface area contributed by atoms with Gasteiger partial charge < -0.3 is 14.7 Å². The number of carboxylic acids is 1. The van der Waals surface area contributed by atoms with E-state index in [2.05, 4.69) is 18.8 Å². The monoisotopic (exact) mass is 340 g/mol. The van der Waals surface area contributed by atoms with Gasteiger partial charge in [0.15, 0.2) is 6.10 Å². The van der Waals surface area contributed by atoms with Crippen LogP contribution in [0.5, 0.6) is 0 Å². The number of hydrogen-bond acceptors (Lipinski definition) is 5. The fraction of sp³-hybridized carbons (Fsp3) is 0.688. The number of aromatic nitrogens is 1. The maximum atomic E-state index is 12.6. The third-order valence-electron chi connectivity index (χ3n) is 4.22. The fourth-order valence-electron chi connectivity index (χ4n) is 2.66. The molecule has 1 saturated heterocycles. The van der Waals surface area contributed by atoms with Gasteiger partial charge in [-0.25, -0.2) is 9.78 Å². The van der Waals surface area contributed by atoms with E-state index in [4.69, 9.17) is 9.84 Å². The summed E-state index contributed by atoms with van der Waals surface area (Å²) in [5, 5.41) is 10.0. The van der Waals surface area contributed by atoms with Crippen LogP contribution in [-0.4, -0.2) is 46.1 Å². The first kappa shape index (κ1) is 17.9. The molecule has 1 amide bonds. The number of thiazole rings is 1. The van der Waals surface area contributed by atoms with Gasteiger partial charge in [-0.2, -0.15) is 0 Å². The molecule has 0 radical (unpaired) electrons. The molecule has 0 aliphatic carbocycles. The molecule has 0 bridgehead atoms. The number of carbonyl (C=O) groups excluding carboxylic acids is 1. The minimum atomic E-state index is -1.00. The average Bonchev–Trinajstić information content (AvgIpc) is 3.11. The second-order valence-electron chi connectivity index (χ2n) is 6.31. The van der Waals surface area contributed by atoms with Crippen molar-refractivity contribution in [2.75, 3.05) is 7.05 Å². The van der Waals surface area contributed by atoms with Crippen LogP contribution in [0.1, 0.15) is 61.2 Å². The van der Waals surface area contributed by atoms with Gasteiger partial charge in [-0.1, -0.05) is 13.8 Å². The molecule has 128 valence electrons. The number of nitrogens with zero attached hydrogens (tertiary/aromatic N) is 2. The molecule has 1 aliphatic heterocycles. The van der Waals surface area contributed by atoms with Crippen LogP contribution in [0.2, 0.25) is 0 Å². The normalized spacial score (nSPS) is 22.3. The number of aliphatic carboxylic acids is 1. The van der Waals surface area contributed by atoms with Crippen molar-refractivity contribution in [3.63, 3.8) is 0 Å². The number of amides is 1. The standard InChI is InChI=1S/C16H24N2O4S/c1-8(2)14-17-9(3)13(23-14)10(4)18(5)15(19)11-6-7-12(22-11)16(20)21/h8,10-12H,6-7H2,1-5H3,(H,20,21)/t10?,11-,12+/m0/s1. The van der Waals surface area contributed by atoms with E-state index in [-0.39, 0.29) is 11.9 Å². The Morgan fingerprint density at radius 3 is 2.39 bits per heavy atom. The Labute approximate surface area is 140 Å². The SMILES string of the molecule is Cc1nc(C(C)C)sc1C(C)N(C)C(=O)[C@@H]1CC[C@H](C(=O)O)O1. The van der Waals surface area contributed by atoms with E-state index in [0.29, 0.717) is 18.8 Å². The molecule has 6 nitrogen and oxygen atoms in total. The van der Waals surface area contributed by atoms with E-state index in [1.54, 1.807) is 23.3 Å². The highest BCUT2D eigenvalue weighted by Crippen LogP contribution is 2.33. The Balaban J connectivity index is 2.09. The summed E-state index contributed by atoms with van der Waals surface area (Å²) in [6.07, 6.45) is -0.705. The smallest absolute Gasteiger partial charge is 0.332 e. The van der Waals surface area contributed by atoms with Crippen LogP contribution in [0, 0.1) is 6.92 Å². The van der Waals surface area contributed by atoms with Crippen LogP contribution < -0.4 is 0 Å². The molecule has 1 fully saturated rings. The molecule has 0 aromatic carbocycles. The molecule has 0 saturated carbocycles. The number of hydrogen-bond donors (Lipinski definition) is 1. The first-order valence-corrected chi connectivity index (χ1v) is 8.66. The summed E-state index contributed by atoms with van der Waals surface area (Å²) in [7, 11) is 1.73. The largest absolute Gasteiger partial charge is 0.479 e. The first-order valence-electron chi connectivity index (χ1n) is 7.84. The molecule has 1 aliphatic rings. The molecule has 0 spiro atoms. The van der Waals surface area contributed by atoms with Crippen molar-refractivity contribution in [3.05, 3.63) is 15.6 Å². The maximum absolute atomic E-state index is 12.6. The number of aryl methyl sites for hydroxylation is 1. The third-order valence-corrected chi connectivity index (χ3v) is 5.85. The summed E-state index contributed by atoms with van der Waals surface area (Å²) >= 11 is 1.63. The molecule has 23 heavy (non-hydrogen) atoms. The first-order chi connectivity index (χ1) is 10.7. The van der Waals surface area contributed by atoms with Gasteiger partial charge in [-0.05, 0) is 26.7 Å². The van der Waals surface area contributed by atoms with E-state index in [9.17, 15) is 9.59 Å². The molecular weight excluding hydrogens is 316 g/mol. The fourth-order valence-corrected chi connectivity index (χ4v) is 3.82. The number of carbonyl (C=O) groups is 2.